The number of carbonyl (C=O) groups is 1. The molecule has 5 nitrogen and oxygen atoms in total. The van der Waals surface area contributed by atoms with Gasteiger partial charge in [0.25, 0.3) is 5.91 Å². The summed E-state index contributed by atoms with van der Waals surface area (Å²) in [5.74, 6) is 0.454. The van der Waals surface area contributed by atoms with E-state index < -0.39 is 0 Å². The number of carbonyl (C=O) groups excluding carboxylic acids is 1. The molecule has 0 aliphatic heterocycles. The molecule has 1 amide bonds. The van der Waals surface area contributed by atoms with Gasteiger partial charge in [-0.25, -0.2) is 4.68 Å². The van der Waals surface area contributed by atoms with Crippen LogP contribution in [0.2, 0.25) is 0 Å². The molecule has 1 heterocycles. The number of methoxy groups -OCH3 is 1. The van der Waals surface area contributed by atoms with Crippen LogP contribution in [0.25, 0.3) is 5.69 Å². The lowest BCUT2D eigenvalue weighted by atomic mass is 10.2. The van der Waals surface area contributed by atoms with Crippen LogP contribution in [-0.4, -0.2) is 29.1 Å². The molecule has 0 aliphatic carbocycles. The lowest BCUT2D eigenvalue weighted by Crippen LogP contribution is -2.13. The van der Waals surface area contributed by atoms with Gasteiger partial charge in [0, 0.05) is 16.8 Å². The molecule has 0 saturated heterocycles. The van der Waals surface area contributed by atoms with Crippen LogP contribution in [0.3, 0.4) is 0 Å². The fourth-order valence-corrected chi connectivity index (χ4v) is 2.84. The van der Waals surface area contributed by atoms with Gasteiger partial charge < -0.3 is 10.1 Å². The quantitative estimate of drug-likeness (QED) is 0.700. The maximum Gasteiger partial charge on any atom is 0.276 e. The fraction of sp³-hybridized carbons (Fsp3) is 0.158. The molecule has 6 heteroatoms. The van der Waals surface area contributed by atoms with E-state index in [2.05, 4.69) is 10.4 Å². The summed E-state index contributed by atoms with van der Waals surface area (Å²) in [5.41, 5.74) is 2.97. The number of ether oxygens (including phenoxy) is 1. The summed E-state index contributed by atoms with van der Waals surface area (Å²) >= 11 is 1.66. The molecule has 0 atom stereocenters. The number of hydrogen-bond donors (Lipinski definition) is 1. The predicted molar refractivity (Wildman–Crippen MR) is 101 cm³/mol. The molecule has 3 aromatic rings. The molecule has 2 aromatic carbocycles. The fourth-order valence-electron chi connectivity index (χ4n) is 2.43. The first kappa shape index (κ1) is 17.1. The Hall–Kier alpha value is -2.73. The highest BCUT2D eigenvalue weighted by molar-refractivity contribution is 7.98. The third-order valence-electron chi connectivity index (χ3n) is 3.75. The van der Waals surface area contributed by atoms with E-state index in [1.54, 1.807) is 35.8 Å². The Bertz CT molecular complexity index is 888. The largest absolute Gasteiger partial charge is 0.494 e. The smallest absolute Gasteiger partial charge is 0.276 e. The Morgan fingerprint density at radius 1 is 1.16 bits per heavy atom. The first-order valence-electron chi connectivity index (χ1n) is 7.77. The second-order valence-corrected chi connectivity index (χ2v) is 6.38. The third kappa shape index (κ3) is 3.85. The molecule has 3 rings (SSSR count). The molecule has 0 bridgehead atoms. The number of thioether (sulfide) groups is 1. The Balaban J connectivity index is 1.81. The van der Waals surface area contributed by atoms with Crippen LogP contribution in [0.5, 0.6) is 5.75 Å². The highest BCUT2D eigenvalue weighted by atomic mass is 32.2. The second-order valence-electron chi connectivity index (χ2n) is 5.50. The van der Waals surface area contributed by atoms with Crippen molar-refractivity contribution in [1.29, 1.82) is 0 Å². The molecule has 0 unspecified atom stereocenters. The van der Waals surface area contributed by atoms with Crippen LogP contribution in [0.1, 0.15) is 16.1 Å². The summed E-state index contributed by atoms with van der Waals surface area (Å²) in [7, 11) is 1.61. The zero-order valence-corrected chi connectivity index (χ0v) is 15.1. The van der Waals surface area contributed by atoms with Crippen molar-refractivity contribution in [2.45, 2.75) is 11.8 Å². The van der Waals surface area contributed by atoms with Gasteiger partial charge in [0.15, 0.2) is 5.69 Å². The highest BCUT2D eigenvalue weighted by Crippen LogP contribution is 2.24. The molecular formula is C19H19N3O2S. The Labute approximate surface area is 151 Å². The number of amides is 1. The van der Waals surface area contributed by atoms with Crippen LogP contribution in [0.4, 0.5) is 5.69 Å². The number of nitrogens with zero attached hydrogens (tertiary/aromatic N) is 2. The summed E-state index contributed by atoms with van der Waals surface area (Å²) in [6.07, 6.45) is 3.77. The molecule has 0 spiro atoms. The number of rotatable bonds is 5. The van der Waals surface area contributed by atoms with E-state index in [0.717, 1.165) is 21.8 Å². The van der Waals surface area contributed by atoms with Crippen LogP contribution < -0.4 is 10.1 Å². The minimum atomic E-state index is -0.248. The minimum absolute atomic E-state index is 0.248. The molecule has 0 fully saturated rings. The van der Waals surface area contributed by atoms with Crippen molar-refractivity contribution in [3.05, 3.63) is 66.0 Å². The van der Waals surface area contributed by atoms with E-state index in [1.165, 1.54) is 0 Å². The molecule has 1 aromatic heterocycles. The van der Waals surface area contributed by atoms with Crippen molar-refractivity contribution >= 4 is 23.4 Å². The van der Waals surface area contributed by atoms with Crippen LogP contribution in [0, 0.1) is 6.92 Å². The summed E-state index contributed by atoms with van der Waals surface area (Å²) in [6.45, 7) is 2.00. The maximum absolute atomic E-state index is 12.4. The van der Waals surface area contributed by atoms with Crippen LogP contribution >= 0.6 is 11.8 Å². The van der Waals surface area contributed by atoms with Gasteiger partial charge in [-0.3, -0.25) is 4.79 Å². The van der Waals surface area contributed by atoms with E-state index >= 15 is 0 Å². The lowest BCUT2D eigenvalue weighted by molar-refractivity contribution is 0.102. The van der Waals surface area contributed by atoms with Gasteiger partial charge in [0.2, 0.25) is 0 Å². The normalized spacial score (nSPS) is 10.5. The van der Waals surface area contributed by atoms with Crippen molar-refractivity contribution in [3.63, 3.8) is 0 Å². The third-order valence-corrected chi connectivity index (χ3v) is 4.49. The van der Waals surface area contributed by atoms with Crippen LogP contribution in [-0.2, 0) is 0 Å². The molecular weight excluding hydrogens is 334 g/mol. The van der Waals surface area contributed by atoms with Crippen molar-refractivity contribution in [1.82, 2.24) is 9.78 Å². The number of anilines is 1. The van der Waals surface area contributed by atoms with Gasteiger partial charge in [-0.05, 0) is 61.2 Å². The summed E-state index contributed by atoms with van der Waals surface area (Å²) < 4.78 is 7.03. The Morgan fingerprint density at radius 3 is 2.60 bits per heavy atom. The van der Waals surface area contributed by atoms with Gasteiger partial charge in [-0.15, -0.1) is 11.8 Å². The molecule has 1 N–H and O–H groups in total. The number of hydrogen-bond acceptors (Lipinski definition) is 4. The van der Waals surface area contributed by atoms with E-state index in [4.69, 9.17) is 4.74 Å². The number of nitrogens with one attached hydrogen (secondary N) is 1. The number of benzene rings is 2. The minimum Gasteiger partial charge on any atom is -0.494 e. The van der Waals surface area contributed by atoms with Crippen molar-refractivity contribution < 1.29 is 9.53 Å². The average Bonchev–Trinajstić information content (AvgIpc) is 3.12. The second kappa shape index (κ2) is 7.44. The van der Waals surface area contributed by atoms with E-state index in [9.17, 15) is 4.79 Å². The highest BCUT2D eigenvalue weighted by Gasteiger charge is 2.13. The first-order valence-corrected chi connectivity index (χ1v) is 8.99. The standard InChI is InChI=1S/C19H19N3O2S/c1-13-4-9-18(24-2)17(12-13)22-11-10-16(21-22)19(23)20-14-5-7-15(25-3)8-6-14/h4-12H,1-3H3,(H,20,23). The zero-order valence-electron chi connectivity index (χ0n) is 14.3. The topological polar surface area (TPSA) is 56.1 Å². The van der Waals surface area contributed by atoms with E-state index in [-0.39, 0.29) is 5.91 Å². The van der Waals surface area contributed by atoms with Gasteiger partial charge in [0.05, 0.1) is 7.11 Å². The summed E-state index contributed by atoms with van der Waals surface area (Å²) in [5, 5.41) is 7.24. The first-order chi connectivity index (χ1) is 12.1. The molecule has 0 saturated carbocycles. The molecule has 128 valence electrons. The predicted octanol–water partition coefficient (Wildman–Crippen LogP) is 4.16. The summed E-state index contributed by atoms with van der Waals surface area (Å²) in [4.78, 5) is 13.6. The number of aromatic nitrogens is 2. The Kier molecular flexibility index (Phi) is 5.09. The summed E-state index contributed by atoms with van der Waals surface area (Å²) in [6, 6.07) is 15.2. The number of aryl methyl sites for hydroxylation is 1. The van der Waals surface area contributed by atoms with E-state index in [0.29, 0.717) is 11.4 Å². The van der Waals surface area contributed by atoms with Crippen LogP contribution in [0.15, 0.2) is 59.6 Å². The molecule has 0 radical (unpaired) electrons. The van der Waals surface area contributed by atoms with Gasteiger partial charge >= 0.3 is 0 Å². The maximum atomic E-state index is 12.4. The van der Waals surface area contributed by atoms with Crippen molar-refractivity contribution in [2.24, 2.45) is 0 Å². The SMILES string of the molecule is COc1ccc(C)cc1-n1ccc(C(=O)Nc2ccc(SC)cc2)n1. The monoisotopic (exact) mass is 353 g/mol. The van der Waals surface area contributed by atoms with Gasteiger partial charge in [-0.1, -0.05) is 6.07 Å². The van der Waals surface area contributed by atoms with Gasteiger partial charge in [0.1, 0.15) is 11.4 Å². The Morgan fingerprint density at radius 2 is 1.92 bits per heavy atom. The van der Waals surface area contributed by atoms with Crippen molar-refractivity contribution in [2.75, 3.05) is 18.7 Å². The van der Waals surface area contributed by atoms with E-state index in [1.807, 2.05) is 55.6 Å². The molecule has 0 aliphatic rings. The van der Waals surface area contributed by atoms with Gasteiger partial charge in [-0.2, -0.15) is 5.10 Å². The lowest BCUT2D eigenvalue weighted by Gasteiger charge is -2.09. The van der Waals surface area contributed by atoms with Crippen molar-refractivity contribution in [3.8, 4) is 11.4 Å². The average molecular weight is 353 g/mol. The zero-order chi connectivity index (χ0) is 17.8. The molecule has 25 heavy (non-hydrogen) atoms.